The third kappa shape index (κ3) is 4.60. The van der Waals surface area contributed by atoms with Gasteiger partial charge in [0.2, 0.25) is 0 Å². The van der Waals surface area contributed by atoms with Crippen molar-refractivity contribution in [3.8, 4) is 17.2 Å². The zero-order chi connectivity index (χ0) is 29.9. The molecule has 2 aromatic heterocycles. The number of nitriles is 1. The first kappa shape index (κ1) is 28.8. The summed E-state index contributed by atoms with van der Waals surface area (Å²) in [5.41, 5.74) is 4.27. The van der Waals surface area contributed by atoms with Crippen molar-refractivity contribution in [3.05, 3.63) is 63.1 Å². The van der Waals surface area contributed by atoms with Gasteiger partial charge in [-0.3, -0.25) is 0 Å². The van der Waals surface area contributed by atoms with Gasteiger partial charge in [0.1, 0.15) is 5.52 Å². The molecule has 218 valence electrons. The Labute approximate surface area is 254 Å². The van der Waals surface area contributed by atoms with Crippen molar-refractivity contribution in [3.63, 3.8) is 0 Å². The van der Waals surface area contributed by atoms with Crippen LogP contribution in [0.25, 0.3) is 32.9 Å². The van der Waals surface area contributed by atoms with Crippen molar-refractivity contribution in [1.82, 2.24) is 14.9 Å². The van der Waals surface area contributed by atoms with Crippen molar-refractivity contribution in [2.24, 2.45) is 17.8 Å². The molecule has 2 fully saturated rings. The van der Waals surface area contributed by atoms with Gasteiger partial charge in [-0.1, -0.05) is 49.2 Å². The Bertz CT molecular complexity index is 1780. The number of benzene rings is 2. The van der Waals surface area contributed by atoms with E-state index >= 15 is 4.39 Å². The summed E-state index contributed by atoms with van der Waals surface area (Å²) in [6.07, 6.45) is 2.02. The van der Waals surface area contributed by atoms with Crippen LogP contribution < -0.4 is 5.32 Å². The number of nitrogens with zero attached hydrogens (tertiary/aromatic N) is 3. The topological polar surface area (TPSA) is 79.9 Å². The molecule has 0 aliphatic heterocycles. The zero-order valence-corrected chi connectivity index (χ0v) is 25.6. The summed E-state index contributed by atoms with van der Waals surface area (Å²) < 4.78 is 24.4. The predicted octanol–water partition coefficient (Wildman–Crippen LogP) is 9.09. The SMILES string of the molecule is CCCOC(=O)N[C@H](C)c1cc2c(C)nc3c(F)c(-c4cccc(Cl)c4Cl)c(CCC#N)cc3c2n1[C@@H]1[C@@H](C)C2C[C@@H]21. The van der Waals surface area contributed by atoms with Crippen LogP contribution in [0.2, 0.25) is 10.0 Å². The molecule has 0 saturated heterocycles. The number of ether oxygens (including phenoxy) is 1. The second kappa shape index (κ2) is 11.1. The highest BCUT2D eigenvalue weighted by atomic mass is 35.5. The molecule has 2 aliphatic carbocycles. The van der Waals surface area contributed by atoms with E-state index < -0.39 is 11.9 Å². The molecule has 6 rings (SSSR count). The summed E-state index contributed by atoms with van der Waals surface area (Å²) in [5.74, 6) is 1.24. The van der Waals surface area contributed by atoms with E-state index in [0.717, 1.165) is 23.0 Å². The van der Waals surface area contributed by atoms with Crippen molar-refractivity contribution >= 4 is 51.1 Å². The van der Waals surface area contributed by atoms with Crippen molar-refractivity contribution < 1.29 is 13.9 Å². The van der Waals surface area contributed by atoms with Crippen LogP contribution in [-0.4, -0.2) is 22.3 Å². The number of pyridine rings is 1. The van der Waals surface area contributed by atoms with E-state index in [9.17, 15) is 10.1 Å². The second-order valence-corrected chi connectivity index (χ2v) is 12.5. The molecule has 42 heavy (non-hydrogen) atoms. The second-order valence-electron chi connectivity index (χ2n) is 11.7. The minimum Gasteiger partial charge on any atom is -0.450 e. The first-order chi connectivity index (χ1) is 20.2. The molecule has 1 N–H and O–H groups in total. The number of hydrogen-bond donors (Lipinski definition) is 1. The Morgan fingerprint density at radius 1 is 1.29 bits per heavy atom. The fraction of sp³-hybridized carbons (Fsp3) is 0.424. The Morgan fingerprint density at radius 2 is 2.07 bits per heavy atom. The Hall–Kier alpha value is -3.34. The molecular weight excluding hydrogens is 574 g/mol. The highest BCUT2D eigenvalue weighted by molar-refractivity contribution is 6.43. The van der Waals surface area contributed by atoms with Crippen LogP contribution >= 0.6 is 23.2 Å². The summed E-state index contributed by atoms with van der Waals surface area (Å²) in [6, 6.07) is 11.3. The standard InChI is InChI=1S/C33H33Cl2FN4O2/c1-5-12-42-33(41)39-18(4)26-15-22-17(3)38-30-24(32(22)40(26)31-16(2)21-14-23(21)31)13-19(8-7-11-37)27(29(30)36)20-9-6-10-25(34)28(20)35/h6,9-10,13,15-16,18,21,23,31H,5,7-8,12,14H2,1-4H3,(H,39,41)/t16-,18+,21?,23-,31+/m0/s1. The molecule has 2 heterocycles. The maximum Gasteiger partial charge on any atom is 0.407 e. The number of carbonyl (C=O) groups excluding carboxylic acids is 1. The molecular formula is C33H33Cl2FN4O2. The first-order valence-corrected chi connectivity index (χ1v) is 15.3. The third-order valence-corrected chi connectivity index (χ3v) is 9.92. The van der Waals surface area contributed by atoms with Gasteiger partial charge >= 0.3 is 6.09 Å². The maximum absolute atomic E-state index is 16.8. The fourth-order valence-corrected chi connectivity index (χ4v) is 7.38. The van der Waals surface area contributed by atoms with E-state index in [1.165, 1.54) is 6.42 Å². The average Bonchev–Trinajstić information content (AvgIpc) is 3.56. The number of fused-ring (bicyclic) bond motifs is 4. The summed E-state index contributed by atoms with van der Waals surface area (Å²) >= 11 is 12.9. The molecule has 2 saturated carbocycles. The number of hydrogen-bond acceptors (Lipinski definition) is 4. The predicted molar refractivity (Wildman–Crippen MR) is 164 cm³/mol. The first-order valence-electron chi connectivity index (χ1n) is 14.6. The Morgan fingerprint density at radius 3 is 2.76 bits per heavy atom. The van der Waals surface area contributed by atoms with Gasteiger partial charge in [-0.25, -0.2) is 14.2 Å². The van der Waals surface area contributed by atoms with Gasteiger partial charge in [0, 0.05) is 45.7 Å². The van der Waals surface area contributed by atoms with E-state index in [1.807, 2.05) is 26.8 Å². The van der Waals surface area contributed by atoms with Gasteiger partial charge in [0.25, 0.3) is 0 Å². The number of nitrogens with one attached hydrogen (secondary N) is 1. The minimum absolute atomic E-state index is 0.217. The molecule has 0 spiro atoms. The zero-order valence-electron chi connectivity index (χ0n) is 24.1. The lowest BCUT2D eigenvalue weighted by molar-refractivity contribution is 0.141. The summed E-state index contributed by atoms with van der Waals surface area (Å²) in [6.45, 7) is 8.42. The van der Waals surface area contributed by atoms with Crippen LogP contribution in [0.15, 0.2) is 30.3 Å². The normalized spacial score (nSPS) is 21.5. The molecule has 5 atom stereocenters. The van der Waals surface area contributed by atoms with Crippen LogP contribution in [0.1, 0.15) is 69.1 Å². The molecule has 0 radical (unpaired) electrons. The molecule has 2 aromatic carbocycles. The summed E-state index contributed by atoms with van der Waals surface area (Å²) in [7, 11) is 0. The van der Waals surface area contributed by atoms with E-state index in [1.54, 1.807) is 18.2 Å². The number of alkyl carbamates (subject to hydrolysis) is 1. The number of amides is 1. The van der Waals surface area contributed by atoms with E-state index in [4.69, 9.17) is 32.9 Å². The number of aryl methyl sites for hydroxylation is 2. The van der Waals surface area contributed by atoms with Gasteiger partial charge in [0.05, 0.1) is 34.3 Å². The molecule has 4 aromatic rings. The molecule has 0 bridgehead atoms. The molecule has 1 amide bonds. The molecule has 1 unspecified atom stereocenters. The molecule has 9 heteroatoms. The highest BCUT2D eigenvalue weighted by Crippen LogP contribution is 2.67. The van der Waals surface area contributed by atoms with Crippen LogP contribution in [0.3, 0.4) is 0 Å². The summed E-state index contributed by atoms with van der Waals surface area (Å²) in [4.78, 5) is 17.3. The van der Waals surface area contributed by atoms with Crippen molar-refractivity contribution in [2.75, 3.05) is 6.61 Å². The average molecular weight is 608 g/mol. The van der Waals surface area contributed by atoms with Gasteiger partial charge in [-0.15, -0.1) is 0 Å². The number of halogens is 3. The molecule has 6 nitrogen and oxygen atoms in total. The number of aromatic nitrogens is 2. The van der Waals surface area contributed by atoms with Crippen molar-refractivity contribution in [2.45, 2.75) is 65.5 Å². The number of carbonyl (C=O) groups is 1. The van der Waals surface area contributed by atoms with Gasteiger partial charge in [-0.05, 0) is 74.6 Å². The Kier molecular flexibility index (Phi) is 7.57. The van der Waals surface area contributed by atoms with Crippen LogP contribution in [0, 0.1) is 41.8 Å². The van der Waals surface area contributed by atoms with Gasteiger partial charge in [0.15, 0.2) is 5.82 Å². The minimum atomic E-state index is -0.482. The maximum atomic E-state index is 16.8. The Balaban J connectivity index is 1.62. The van der Waals surface area contributed by atoms with Crippen LogP contribution in [-0.2, 0) is 11.2 Å². The lowest BCUT2D eigenvalue weighted by Gasteiger charge is -2.37. The lowest BCUT2D eigenvalue weighted by Crippen LogP contribution is -2.34. The number of rotatable bonds is 8. The van der Waals surface area contributed by atoms with E-state index in [2.05, 4.69) is 28.9 Å². The summed E-state index contributed by atoms with van der Waals surface area (Å²) in [5, 5.41) is 14.6. The quantitative estimate of drug-likeness (QED) is 0.217. The van der Waals surface area contributed by atoms with Crippen LogP contribution in [0.4, 0.5) is 9.18 Å². The van der Waals surface area contributed by atoms with Crippen molar-refractivity contribution in [1.29, 1.82) is 5.26 Å². The third-order valence-electron chi connectivity index (χ3n) is 9.10. The van der Waals surface area contributed by atoms with Gasteiger partial charge in [-0.2, -0.15) is 5.26 Å². The van der Waals surface area contributed by atoms with E-state index in [0.29, 0.717) is 63.6 Å². The van der Waals surface area contributed by atoms with Gasteiger partial charge < -0.3 is 14.6 Å². The van der Waals surface area contributed by atoms with Crippen LogP contribution in [0.5, 0.6) is 0 Å². The largest absolute Gasteiger partial charge is 0.450 e. The highest BCUT2D eigenvalue weighted by Gasteiger charge is 2.60. The lowest BCUT2D eigenvalue weighted by atomic mass is 9.80. The molecule has 2 aliphatic rings. The smallest absolute Gasteiger partial charge is 0.407 e. The fourth-order valence-electron chi connectivity index (χ4n) is 6.98. The van der Waals surface area contributed by atoms with E-state index in [-0.39, 0.29) is 29.0 Å². The monoisotopic (exact) mass is 606 g/mol.